The van der Waals surface area contributed by atoms with Crippen LogP contribution >= 0.6 is 0 Å². The lowest BCUT2D eigenvalue weighted by Gasteiger charge is -2.06. The molecule has 3 aromatic heterocycles. The summed E-state index contributed by atoms with van der Waals surface area (Å²) in [6, 6.07) is 3.79. The Morgan fingerprint density at radius 2 is 1.78 bits per heavy atom. The van der Waals surface area contributed by atoms with Crippen molar-refractivity contribution in [1.82, 2.24) is 28.9 Å². The highest BCUT2D eigenvalue weighted by Crippen LogP contribution is 2.30. The minimum atomic E-state index is -4.47. The molecule has 11 nitrogen and oxygen atoms in total. The summed E-state index contributed by atoms with van der Waals surface area (Å²) in [5.41, 5.74) is -1.59. The average molecular weight is 449 g/mol. The summed E-state index contributed by atoms with van der Waals surface area (Å²) in [5, 5.41) is 9.69. The van der Waals surface area contributed by atoms with Crippen LogP contribution in [0.1, 0.15) is 5.56 Å². The maximum absolute atomic E-state index is 12.7. The molecule has 14 heteroatoms. The van der Waals surface area contributed by atoms with E-state index < -0.39 is 28.9 Å². The highest BCUT2D eigenvalue weighted by Gasteiger charge is 2.30. The number of rotatable bonds is 4. The van der Waals surface area contributed by atoms with Gasteiger partial charge in [-0.15, -0.1) is 5.10 Å². The topological polar surface area (TPSA) is 130 Å². The van der Waals surface area contributed by atoms with Crippen LogP contribution in [0.5, 0.6) is 0 Å². The van der Waals surface area contributed by atoms with Crippen LogP contribution in [0.3, 0.4) is 0 Å². The number of anilines is 1. The molecule has 1 amide bonds. The number of imidazole rings is 1. The summed E-state index contributed by atoms with van der Waals surface area (Å²) in [4.78, 5) is 40.8. The fourth-order valence-electron chi connectivity index (χ4n) is 3.02. The molecule has 0 radical (unpaired) electrons. The zero-order valence-corrected chi connectivity index (χ0v) is 16.5. The number of halogens is 3. The number of aromatic nitrogens is 6. The molecule has 0 aliphatic rings. The maximum atomic E-state index is 12.7. The molecular weight excluding hydrogens is 435 g/mol. The van der Waals surface area contributed by atoms with Gasteiger partial charge in [0.2, 0.25) is 11.8 Å². The predicted molar refractivity (Wildman–Crippen MR) is 104 cm³/mol. The van der Waals surface area contributed by atoms with Gasteiger partial charge >= 0.3 is 17.9 Å². The second kappa shape index (κ2) is 7.47. The molecule has 0 aliphatic carbocycles. The van der Waals surface area contributed by atoms with Crippen LogP contribution in [0, 0.1) is 0 Å². The van der Waals surface area contributed by atoms with E-state index in [1.165, 1.54) is 41.7 Å². The molecule has 166 valence electrons. The highest BCUT2D eigenvalue weighted by molar-refractivity contribution is 5.89. The number of nitrogens with one attached hydrogen (secondary N) is 1. The van der Waals surface area contributed by atoms with Crippen LogP contribution in [-0.2, 0) is 31.6 Å². The first-order valence-electron chi connectivity index (χ1n) is 8.98. The van der Waals surface area contributed by atoms with E-state index in [4.69, 9.17) is 4.42 Å². The van der Waals surface area contributed by atoms with Crippen molar-refractivity contribution in [3.05, 3.63) is 57.0 Å². The predicted octanol–water partition coefficient (Wildman–Crippen LogP) is 1.14. The minimum absolute atomic E-state index is 0.0562. The molecule has 0 fully saturated rings. The number of hydrogen-bond donors (Lipinski definition) is 1. The number of aryl methyl sites for hydroxylation is 1. The third-order valence-electron chi connectivity index (χ3n) is 4.66. The van der Waals surface area contributed by atoms with Gasteiger partial charge in [-0.3, -0.25) is 24.0 Å². The van der Waals surface area contributed by atoms with Crippen LogP contribution in [-0.4, -0.2) is 34.8 Å². The third kappa shape index (κ3) is 3.66. The van der Waals surface area contributed by atoms with Crippen molar-refractivity contribution in [3.63, 3.8) is 0 Å². The van der Waals surface area contributed by atoms with Gasteiger partial charge < -0.3 is 8.98 Å². The Balaban J connectivity index is 1.52. The number of nitrogens with zero attached hydrogens (tertiary/aromatic N) is 6. The maximum Gasteiger partial charge on any atom is 0.416 e. The first kappa shape index (κ1) is 21.0. The van der Waals surface area contributed by atoms with Gasteiger partial charge in [0.25, 0.3) is 5.56 Å². The van der Waals surface area contributed by atoms with Crippen molar-refractivity contribution in [3.8, 4) is 11.5 Å². The second-order valence-electron chi connectivity index (χ2n) is 6.79. The van der Waals surface area contributed by atoms with E-state index in [0.29, 0.717) is 0 Å². The number of carbonyl (C=O) groups is 1. The molecule has 4 aromatic rings. The Bertz CT molecular complexity index is 1440. The van der Waals surface area contributed by atoms with Gasteiger partial charge in [0, 0.05) is 19.7 Å². The highest BCUT2D eigenvalue weighted by atomic mass is 19.4. The fourth-order valence-corrected chi connectivity index (χ4v) is 3.02. The number of hydrogen-bond acceptors (Lipinski definition) is 7. The van der Waals surface area contributed by atoms with E-state index in [0.717, 1.165) is 16.7 Å². The number of amides is 1. The van der Waals surface area contributed by atoms with E-state index >= 15 is 0 Å². The molecule has 3 heterocycles. The van der Waals surface area contributed by atoms with Crippen molar-refractivity contribution in [2.45, 2.75) is 12.7 Å². The van der Waals surface area contributed by atoms with Crippen LogP contribution < -0.4 is 16.6 Å². The standard InChI is InChI=1S/C18H14F3N7O4/c1-26-13-12(15(30)27(2)17(26)31)28(8-22-13)7-11(29)23-16-25-24-14(32-16)9-3-5-10(6-4-9)18(19,20)21/h3-6,8H,7H2,1-2H3,(H,23,25,29). The van der Waals surface area contributed by atoms with Crippen LogP contribution in [0.15, 0.2) is 44.6 Å². The number of carbonyl (C=O) groups excluding carboxylic acids is 1. The number of benzene rings is 1. The summed E-state index contributed by atoms with van der Waals surface area (Å²) >= 11 is 0. The first-order valence-corrected chi connectivity index (χ1v) is 8.98. The quantitative estimate of drug-likeness (QED) is 0.495. The van der Waals surface area contributed by atoms with Gasteiger partial charge in [-0.2, -0.15) is 13.2 Å². The van der Waals surface area contributed by atoms with Crippen molar-refractivity contribution in [2.75, 3.05) is 5.32 Å². The van der Waals surface area contributed by atoms with Gasteiger partial charge in [-0.1, -0.05) is 5.10 Å². The summed E-state index contributed by atoms with van der Waals surface area (Å²) < 4.78 is 46.6. The van der Waals surface area contributed by atoms with Gasteiger partial charge in [0.15, 0.2) is 11.2 Å². The van der Waals surface area contributed by atoms with E-state index in [1.54, 1.807) is 0 Å². The van der Waals surface area contributed by atoms with Crippen LogP contribution in [0.25, 0.3) is 22.6 Å². The molecule has 4 rings (SSSR count). The zero-order chi connectivity index (χ0) is 23.2. The van der Waals surface area contributed by atoms with Crippen molar-refractivity contribution in [1.29, 1.82) is 0 Å². The lowest BCUT2D eigenvalue weighted by atomic mass is 10.1. The average Bonchev–Trinajstić information content (AvgIpc) is 3.37. The first-order chi connectivity index (χ1) is 15.1. The smallest absolute Gasteiger partial charge is 0.403 e. The van der Waals surface area contributed by atoms with Gasteiger partial charge in [-0.25, -0.2) is 9.78 Å². The van der Waals surface area contributed by atoms with E-state index in [2.05, 4.69) is 20.5 Å². The normalized spacial score (nSPS) is 11.8. The van der Waals surface area contributed by atoms with Crippen molar-refractivity contribution in [2.24, 2.45) is 14.1 Å². The Morgan fingerprint density at radius 1 is 1.09 bits per heavy atom. The Kier molecular flexibility index (Phi) is 4.91. The van der Waals surface area contributed by atoms with Crippen LogP contribution in [0.2, 0.25) is 0 Å². The Labute approximate surface area is 175 Å². The monoisotopic (exact) mass is 449 g/mol. The minimum Gasteiger partial charge on any atom is -0.403 e. The molecule has 0 aliphatic heterocycles. The zero-order valence-electron chi connectivity index (χ0n) is 16.5. The van der Waals surface area contributed by atoms with Gasteiger partial charge in [0.1, 0.15) is 6.54 Å². The van der Waals surface area contributed by atoms with E-state index in [1.807, 2.05) is 0 Å². The summed E-state index contributed by atoms with van der Waals surface area (Å²) in [7, 11) is 2.76. The van der Waals surface area contributed by atoms with Crippen LogP contribution in [0.4, 0.5) is 19.2 Å². The molecule has 32 heavy (non-hydrogen) atoms. The second-order valence-corrected chi connectivity index (χ2v) is 6.79. The molecule has 1 N–H and O–H groups in total. The van der Waals surface area contributed by atoms with E-state index in [9.17, 15) is 27.6 Å². The fraction of sp³-hybridized carbons (Fsp3) is 0.222. The molecule has 0 unspecified atom stereocenters. The van der Waals surface area contributed by atoms with Gasteiger partial charge in [0.05, 0.1) is 11.9 Å². The van der Waals surface area contributed by atoms with E-state index in [-0.39, 0.29) is 35.2 Å². The van der Waals surface area contributed by atoms with Gasteiger partial charge in [-0.05, 0) is 24.3 Å². The molecule has 0 saturated carbocycles. The third-order valence-corrected chi connectivity index (χ3v) is 4.66. The molecule has 0 saturated heterocycles. The lowest BCUT2D eigenvalue weighted by molar-refractivity contribution is -0.137. The summed E-state index contributed by atoms with van der Waals surface area (Å²) in [6.07, 6.45) is -3.23. The Morgan fingerprint density at radius 3 is 2.44 bits per heavy atom. The van der Waals surface area contributed by atoms with Crippen molar-refractivity contribution >= 4 is 23.1 Å². The van der Waals surface area contributed by atoms with Crippen molar-refractivity contribution < 1.29 is 22.4 Å². The largest absolute Gasteiger partial charge is 0.416 e. The summed E-state index contributed by atoms with van der Waals surface area (Å²) in [6.45, 7) is -0.345. The SMILES string of the molecule is Cn1c(=O)c2c(ncn2CC(=O)Nc2nnc(-c3ccc(C(F)(F)F)cc3)o2)n(C)c1=O. The molecule has 0 spiro atoms. The molecule has 0 bridgehead atoms. The molecule has 0 atom stereocenters. The number of alkyl halides is 3. The number of fused-ring (bicyclic) bond motifs is 1. The lowest BCUT2D eigenvalue weighted by Crippen LogP contribution is -2.37. The molecular formula is C18H14F3N7O4. The Hall–Kier alpha value is -4.23. The molecule has 1 aromatic carbocycles. The summed E-state index contributed by atoms with van der Waals surface area (Å²) in [5.74, 6) is -0.728.